The van der Waals surface area contributed by atoms with E-state index in [1.54, 1.807) is 23.5 Å². The lowest BCUT2D eigenvalue weighted by Crippen LogP contribution is -2.22. The number of amides is 1. The van der Waals surface area contributed by atoms with Crippen molar-refractivity contribution in [2.24, 2.45) is 5.92 Å². The monoisotopic (exact) mass is 378 g/mol. The smallest absolute Gasteiger partial charge is 0.265 e. The molecule has 7 heteroatoms. The van der Waals surface area contributed by atoms with E-state index in [1.807, 2.05) is 6.07 Å². The summed E-state index contributed by atoms with van der Waals surface area (Å²) >= 11 is 1.56. The van der Waals surface area contributed by atoms with E-state index < -0.39 is 10.0 Å². The van der Waals surface area contributed by atoms with Gasteiger partial charge in [0, 0.05) is 24.7 Å². The molecule has 1 atom stereocenters. The molecule has 0 saturated heterocycles. The summed E-state index contributed by atoms with van der Waals surface area (Å²) < 4.78 is 25.3. The Hall–Kier alpha value is -1.70. The molecule has 1 heterocycles. The number of thiophene rings is 1. The SMILES string of the molecule is C[C@H]1CCc2sc(C(=O)Nc3ccc(S(=O)(=O)N(C)C)cc3)cc2C1. The van der Waals surface area contributed by atoms with Gasteiger partial charge in [-0.05, 0) is 61.1 Å². The van der Waals surface area contributed by atoms with Crippen LogP contribution in [0, 0.1) is 5.92 Å². The summed E-state index contributed by atoms with van der Waals surface area (Å²) in [5.41, 5.74) is 1.88. The summed E-state index contributed by atoms with van der Waals surface area (Å²) in [4.78, 5) is 14.7. The summed E-state index contributed by atoms with van der Waals surface area (Å²) in [6.45, 7) is 2.24. The molecular weight excluding hydrogens is 356 g/mol. The summed E-state index contributed by atoms with van der Waals surface area (Å²) in [6, 6.07) is 8.24. The third-order valence-corrected chi connectivity index (χ3v) is 7.51. The van der Waals surface area contributed by atoms with Crippen LogP contribution in [0.15, 0.2) is 35.2 Å². The van der Waals surface area contributed by atoms with Gasteiger partial charge in [0.1, 0.15) is 0 Å². The number of carbonyl (C=O) groups excluding carboxylic acids is 1. The Balaban J connectivity index is 1.74. The molecule has 0 unspecified atom stereocenters. The Morgan fingerprint density at radius 1 is 1.24 bits per heavy atom. The van der Waals surface area contributed by atoms with Gasteiger partial charge in [-0.25, -0.2) is 12.7 Å². The fourth-order valence-corrected chi connectivity index (χ4v) is 4.94. The van der Waals surface area contributed by atoms with Gasteiger partial charge in [0.05, 0.1) is 9.77 Å². The number of aryl methyl sites for hydroxylation is 1. The van der Waals surface area contributed by atoms with Crippen molar-refractivity contribution in [2.45, 2.75) is 31.1 Å². The topological polar surface area (TPSA) is 66.5 Å². The first kappa shape index (κ1) is 18.1. The standard InChI is InChI=1S/C18H22N2O3S2/c1-12-4-9-16-13(10-12)11-17(24-16)18(21)19-14-5-7-15(8-6-14)25(22,23)20(2)3/h5-8,11-12H,4,9-10H2,1-3H3,(H,19,21)/t12-/m0/s1. The number of nitrogens with zero attached hydrogens (tertiary/aromatic N) is 1. The Morgan fingerprint density at radius 3 is 2.56 bits per heavy atom. The lowest BCUT2D eigenvalue weighted by molar-refractivity contribution is 0.103. The van der Waals surface area contributed by atoms with Crippen LogP contribution in [0.2, 0.25) is 0 Å². The molecule has 0 spiro atoms. The van der Waals surface area contributed by atoms with E-state index in [1.165, 1.54) is 43.1 Å². The van der Waals surface area contributed by atoms with Crippen LogP contribution in [0.5, 0.6) is 0 Å². The number of anilines is 1. The molecule has 0 radical (unpaired) electrons. The number of hydrogen-bond acceptors (Lipinski definition) is 4. The van der Waals surface area contributed by atoms with Crippen molar-refractivity contribution in [1.29, 1.82) is 0 Å². The molecule has 134 valence electrons. The van der Waals surface area contributed by atoms with Gasteiger partial charge >= 0.3 is 0 Å². The van der Waals surface area contributed by atoms with Crippen molar-refractivity contribution in [2.75, 3.05) is 19.4 Å². The van der Waals surface area contributed by atoms with Gasteiger partial charge in [-0.2, -0.15) is 0 Å². The maximum atomic E-state index is 12.5. The average Bonchev–Trinajstić information content (AvgIpc) is 2.98. The number of rotatable bonds is 4. The number of benzene rings is 1. The lowest BCUT2D eigenvalue weighted by atomic mass is 9.90. The summed E-state index contributed by atoms with van der Waals surface area (Å²) in [5, 5.41) is 2.85. The second kappa shape index (κ2) is 6.90. The first-order valence-electron chi connectivity index (χ1n) is 8.23. The first-order valence-corrected chi connectivity index (χ1v) is 10.5. The van der Waals surface area contributed by atoms with Crippen molar-refractivity contribution in [3.63, 3.8) is 0 Å². The van der Waals surface area contributed by atoms with E-state index in [0.29, 0.717) is 16.5 Å². The number of carbonyl (C=O) groups is 1. The third kappa shape index (κ3) is 3.78. The van der Waals surface area contributed by atoms with E-state index in [4.69, 9.17) is 0 Å². The number of fused-ring (bicyclic) bond motifs is 1. The highest BCUT2D eigenvalue weighted by Gasteiger charge is 2.21. The maximum Gasteiger partial charge on any atom is 0.265 e. The Labute approximate surface area is 152 Å². The normalized spacial score (nSPS) is 17.4. The highest BCUT2D eigenvalue weighted by atomic mass is 32.2. The molecule has 1 aromatic carbocycles. The highest BCUT2D eigenvalue weighted by molar-refractivity contribution is 7.89. The van der Waals surface area contributed by atoms with Crippen LogP contribution in [0.3, 0.4) is 0 Å². The fourth-order valence-electron chi connectivity index (χ4n) is 2.93. The molecule has 1 aromatic heterocycles. The van der Waals surface area contributed by atoms with E-state index in [0.717, 1.165) is 17.1 Å². The lowest BCUT2D eigenvalue weighted by Gasteiger charge is -2.16. The summed E-state index contributed by atoms with van der Waals surface area (Å²) in [6.07, 6.45) is 3.26. The molecule has 5 nitrogen and oxygen atoms in total. The minimum Gasteiger partial charge on any atom is -0.321 e. The van der Waals surface area contributed by atoms with Crippen LogP contribution in [0.1, 0.15) is 33.5 Å². The quantitative estimate of drug-likeness (QED) is 0.887. The van der Waals surface area contributed by atoms with Crippen molar-refractivity contribution < 1.29 is 13.2 Å². The van der Waals surface area contributed by atoms with Gasteiger partial charge in [0.15, 0.2) is 0 Å². The van der Waals surface area contributed by atoms with E-state index >= 15 is 0 Å². The second-order valence-electron chi connectivity index (χ2n) is 6.67. The van der Waals surface area contributed by atoms with Crippen LogP contribution in [-0.4, -0.2) is 32.7 Å². The zero-order valence-electron chi connectivity index (χ0n) is 14.6. The highest BCUT2D eigenvalue weighted by Crippen LogP contribution is 2.32. The predicted octanol–water partition coefficient (Wildman–Crippen LogP) is 3.38. The van der Waals surface area contributed by atoms with E-state index in [9.17, 15) is 13.2 Å². The Kier molecular flexibility index (Phi) is 4.99. The van der Waals surface area contributed by atoms with Crippen molar-refractivity contribution >= 4 is 33.0 Å². The van der Waals surface area contributed by atoms with Gasteiger partial charge in [-0.15, -0.1) is 11.3 Å². The first-order chi connectivity index (χ1) is 11.8. The molecule has 1 aliphatic rings. The molecule has 0 aliphatic heterocycles. The van der Waals surface area contributed by atoms with Crippen LogP contribution in [0.25, 0.3) is 0 Å². The minimum atomic E-state index is -3.46. The van der Waals surface area contributed by atoms with Crippen molar-refractivity contribution in [3.8, 4) is 0 Å². The second-order valence-corrected chi connectivity index (χ2v) is 9.96. The van der Waals surface area contributed by atoms with E-state index in [2.05, 4.69) is 12.2 Å². The van der Waals surface area contributed by atoms with Gasteiger partial charge in [0.2, 0.25) is 10.0 Å². The summed E-state index contributed by atoms with van der Waals surface area (Å²) in [5.74, 6) is 0.527. The van der Waals surface area contributed by atoms with Crippen LogP contribution >= 0.6 is 11.3 Å². The Bertz CT molecular complexity index is 884. The van der Waals surface area contributed by atoms with Crippen molar-refractivity contribution in [3.05, 3.63) is 45.6 Å². The molecule has 1 aliphatic carbocycles. The van der Waals surface area contributed by atoms with Gasteiger partial charge in [-0.1, -0.05) is 6.92 Å². The molecule has 1 amide bonds. The third-order valence-electron chi connectivity index (χ3n) is 4.44. The fraction of sp³-hybridized carbons (Fsp3) is 0.389. The van der Waals surface area contributed by atoms with Crippen LogP contribution in [-0.2, 0) is 22.9 Å². The molecule has 2 aromatic rings. The van der Waals surface area contributed by atoms with Crippen LogP contribution in [0.4, 0.5) is 5.69 Å². The van der Waals surface area contributed by atoms with Gasteiger partial charge in [-0.3, -0.25) is 4.79 Å². The summed E-state index contributed by atoms with van der Waals surface area (Å²) in [7, 11) is -0.478. The number of sulfonamides is 1. The van der Waals surface area contributed by atoms with Gasteiger partial charge < -0.3 is 5.32 Å². The Morgan fingerprint density at radius 2 is 1.92 bits per heavy atom. The zero-order valence-corrected chi connectivity index (χ0v) is 16.2. The van der Waals surface area contributed by atoms with E-state index in [-0.39, 0.29) is 10.8 Å². The molecule has 0 fully saturated rings. The van der Waals surface area contributed by atoms with Crippen molar-refractivity contribution in [1.82, 2.24) is 4.31 Å². The van der Waals surface area contributed by atoms with Crippen LogP contribution < -0.4 is 5.32 Å². The van der Waals surface area contributed by atoms with Gasteiger partial charge in [0.25, 0.3) is 5.91 Å². The zero-order chi connectivity index (χ0) is 18.2. The minimum absolute atomic E-state index is 0.143. The average molecular weight is 379 g/mol. The molecule has 25 heavy (non-hydrogen) atoms. The number of hydrogen-bond donors (Lipinski definition) is 1. The molecule has 0 saturated carbocycles. The number of nitrogens with one attached hydrogen (secondary N) is 1. The maximum absolute atomic E-state index is 12.5. The molecule has 1 N–H and O–H groups in total. The largest absolute Gasteiger partial charge is 0.321 e. The molecular formula is C18H22N2O3S2. The molecule has 0 bridgehead atoms. The predicted molar refractivity (Wildman–Crippen MR) is 101 cm³/mol. The molecule has 3 rings (SSSR count).